The molecule has 4 N–H and O–H groups in total. The van der Waals surface area contributed by atoms with Gasteiger partial charge in [-0.2, -0.15) is 0 Å². The van der Waals surface area contributed by atoms with Crippen molar-refractivity contribution in [3.63, 3.8) is 0 Å². The van der Waals surface area contributed by atoms with Gasteiger partial charge >= 0.3 is 5.97 Å². The fraction of sp³-hybridized carbons (Fsp3) is 0.953. The molecule has 4 rings (SSSR count). The van der Waals surface area contributed by atoms with Crippen molar-refractivity contribution in [3.8, 4) is 0 Å². The van der Waals surface area contributed by atoms with Gasteiger partial charge in [-0.1, -0.05) is 32.9 Å². The molecule has 0 aromatic rings. The van der Waals surface area contributed by atoms with Crippen molar-refractivity contribution in [2.75, 3.05) is 48.1 Å². The second-order valence-corrected chi connectivity index (χ2v) is 18.5. The number of nitrogens with zero attached hydrogens (tertiary/aromatic N) is 2. The van der Waals surface area contributed by atoms with Gasteiger partial charge in [-0.25, -0.2) is 0 Å². The highest BCUT2D eigenvalue weighted by Crippen LogP contribution is 2.42. The number of hydrogen-bond acceptors (Lipinski definition) is 17. The summed E-state index contributed by atoms with van der Waals surface area (Å²) in [5.41, 5.74) is -3.74. The SMILES string of the molecule is CC[C@H]1OC(=O)[C@H](C)[C@@H](OC2C[C@@](C)(OC)[C@@H](O)[C@H](C)O2)[C@H](C)[C@@H](O[C@@H]2O[C@H](C)C[C@H](N(C)C)[C@H]2O)[C@](C)(OC)C[C@@H](C)/C(=N\OCCC2OCCO2)[C@H](C)[C@@H](O)[C@]1(C)O. The Morgan fingerprint density at radius 1 is 0.867 bits per heavy atom. The molecule has 18 atom stereocenters. The summed E-state index contributed by atoms with van der Waals surface area (Å²) < 4.78 is 55.9. The van der Waals surface area contributed by atoms with Crippen molar-refractivity contribution in [1.82, 2.24) is 4.90 Å². The van der Waals surface area contributed by atoms with E-state index < -0.39 is 108 Å². The number of likely N-dealkylation sites (N-methyl/N-ethyl adjacent to an activating group) is 1. The highest BCUT2D eigenvalue weighted by Gasteiger charge is 2.54. The summed E-state index contributed by atoms with van der Waals surface area (Å²) in [5, 5.41) is 51.5. The first-order chi connectivity index (χ1) is 28.0. The van der Waals surface area contributed by atoms with E-state index in [9.17, 15) is 25.2 Å². The topological polar surface area (TPSA) is 206 Å². The molecule has 17 nitrogen and oxygen atoms in total. The second-order valence-electron chi connectivity index (χ2n) is 18.5. The average molecular weight is 863 g/mol. The van der Waals surface area contributed by atoms with Crippen LogP contribution in [0.1, 0.15) is 101 Å². The van der Waals surface area contributed by atoms with E-state index in [4.69, 9.17) is 47.5 Å². The van der Waals surface area contributed by atoms with E-state index in [1.165, 1.54) is 14.0 Å². The zero-order valence-electron chi connectivity index (χ0n) is 38.6. The van der Waals surface area contributed by atoms with Gasteiger partial charge in [0.25, 0.3) is 0 Å². The summed E-state index contributed by atoms with van der Waals surface area (Å²) in [6.07, 6.45) is -8.40. The monoisotopic (exact) mass is 863 g/mol. The zero-order chi connectivity index (χ0) is 44.9. The molecule has 0 aliphatic carbocycles. The maximum atomic E-state index is 14.5. The summed E-state index contributed by atoms with van der Waals surface area (Å²) in [6, 6.07) is -0.284. The third-order valence-electron chi connectivity index (χ3n) is 13.6. The van der Waals surface area contributed by atoms with Gasteiger partial charge < -0.3 is 72.8 Å². The minimum atomic E-state index is -1.93. The first kappa shape index (κ1) is 51.1. The number of carbonyl (C=O) groups is 1. The number of aliphatic hydroxyl groups excluding tert-OH is 3. The van der Waals surface area contributed by atoms with Gasteiger partial charge in [0.2, 0.25) is 0 Å². The summed E-state index contributed by atoms with van der Waals surface area (Å²) in [4.78, 5) is 22.3. The lowest BCUT2D eigenvalue weighted by atomic mass is 9.73. The summed E-state index contributed by atoms with van der Waals surface area (Å²) >= 11 is 0. The molecule has 0 amide bonds. The van der Waals surface area contributed by atoms with E-state index in [1.807, 2.05) is 46.7 Å². The smallest absolute Gasteiger partial charge is 0.311 e. The Balaban J connectivity index is 1.87. The fourth-order valence-electron chi connectivity index (χ4n) is 9.61. The largest absolute Gasteiger partial charge is 0.459 e. The normalized spacial score (nSPS) is 46.4. The molecule has 0 aromatic heterocycles. The molecular formula is C43H78N2O15. The van der Waals surface area contributed by atoms with E-state index >= 15 is 0 Å². The molecule has 4 fully saturated rings. The fourth-order valence-corrected chi connectivity index (χ4v) is 9.61. The molecular weight excluding hydrogens is 784 g/mol. The lowest BCUT2D eigenvalue weighted by Crippen LogP contribution is -2.61. The maximum absolute atomic E-state index is 14.5. The van der Waals surface area contributed by atoms with Crippen LogP contribution in [-0.2, 0) is 52.3 Å². The molecule has 60 heavy (non-hydrogen) atoms. The zero-order valence-corrected chi connectivity index (χ0v) is 38.6. The predicted octanol–water partition coefficient (Wildman–Crippen LogP) is 3.01. The standard InChI is InChI=1S/C43H78N2O15/c1-15-30-43(10,50)36(47)25(4)33(44-55-17-16-31-53-18-19-54-31)23(2)21-42(9,52-14)38(60-40-34(46)29(45(11)12)20-24(3)56-40)26(5)35(27(6)39(49)58-30)59-32-22-41(8,51-13)37(48)28(7)57-32/h23-32,34-38,40,46-48,50H,15-22H2,1-14H3/b44-33+/t23-,24-,25+,26+,27-,28+,29+,30-,32?,34-,35+,36-,37+,38-,40+,41-,42-,43-/m1/s1. The molecule has 4 aliphatic heterocycles. The number of oxime groups is 1. The Hall–Kier alpha value is -1.58. The first-order valence-corrected chi connectivity index (χ1v) is 21.8. The van der Waals surface area contributed by atoms with Crippen LogP contribution in [0, 0.1) is 23.7 Å². The average Bonchev–Trinajstić information content (AvgIpc) is 3.73. The van der Waals surface area contributed by atoms with Crippen molar-refractivity contribution < 1.29 is 72.7 Å². The third-order valence-corrected chi connectivity index (χ3v) is 13.6. The molecule has 0 radical (unpaired) electrons. The van der Waals surface area contributed by atoms with Crippen LogP contribution in [0.2, 0.25) is 0 Å². The number of ether oxygens (including phenoxy) is 9. The van der Waals surface area contributed by atoms with Crippen molar-refractivity contribution >= 4 is 11.7 Å². The van der Waals surface area contributed by atoms with Crippen molar-refractivity contribution in [2.45, 2.75) is 192 Å². The number of rotatable bonds is 12. The summed E-state index contributed by atoms with van der Waals surface area (Å²) in [5.74, 6) is -3.66. The molecule has 4 heterocycles. The number of esters is 1. The van der Waals surface area contributed by atoms with Crippen LogP contribution in [0.15, 0.2) is 5.16 Å². The van der Waals surface area contributed by atoms with Gasteiger partial charge in [0.05, 0.1) is 66.6 Å². The highest BCUT2D eigenvalue weighted by atomic mass is 16.7. The highest BCUT2D eigenvalue weighted by molar-refractivity contribution is 5.88. The van der Waals surface area contributed by atoms with Gasteiger partial charge in [-0.05, 0) is 74.9 Å². The van der Waals surface area contributed by atoms with Gasteiger partial charge in [0.15, 0.2) is 18.9 Å². The summed E-state index contributed by atoms with van der Waals surface area (Å²) in [6.45, 7) is 19.0. The minimum Gasteiger partial charge on any atom is -0.459 e. The van der Waals surface area contributed by atoms with Gasteiger partial charge in [0.1, 0.15) is 30.5 Å². The van der Waals surface area contributed by atoms with Crippen LogP contribution < -0.4 is 0 Å². The molecule has 350 valence electrons. The van der Waals surface area contributed by atoms with E-state index in [1.54, 1.807) is 41.7 Å². The van der Waals surface area contributed by atoms with Gasteiger partial charge in [-0.15, -0.1) is 0 Å². The summed E-state index contributed by atoms with van der Waals surface area (Å²) in [7, 11) is 6.88. The minimum absolute atomic E-state index is 0.131. The van der Waals surface area contributed by atoms with Crippen molar-refractivity contribution in [3.05, 3.63) is 0 Å². The lowest BCUT2D eigenvalue weighted by molar-refractivity contribution is -0.319. The molecule has 0 bridgehead atoms. The molecule has 17 heteroatoms. The molecule has 4 aliphatic rings. The van der Waals surface area contributed by atoms with E-state index in [2.05, 4.69) is 5.16 Å². The Kier molecular flexibility index (Phi) is 18.2. The Morgan fingerprint density at radius 2 is 1.50 bits per heavy atom. The Morgan fingerprint density at radius 3 is 2.08 bits per heavy atom. The Bertz CT molecular complexity index is 1380. The maximum Gasteiger partial charge on any atom is 0.311 e. The van der Waals surface area contributed by atoms with Crippen molar-refractivity contribution in [2.24, 2.45) is 28.8 Å². The number of aliphatic hydroxyl groups is 4. The van der Waals surface area contributed by atoms with E-state index in [0.717, 1.165) is 0 Å². The second kappa shape index (κ2) is 21.4. The van der Waals surface area contributed by atoms with Crippen LogP contribution in [0.5, 0.6) is 0 Å². The van der Waals surface area contributed by atoms with Crippen LogP contribution >= 0.6 is 0 Å². The van der Waals surface area contributed by atoms with E-state index in [0.29, 0.717) is 31.8 Å². The third kappa shape index (κ3) is 11.6. The molecule has 0 aromatic carbocycles. The number of carbonyl (C=O) groups excluding carboxylic acids is 1. The van der Waals surface area contributed by atoms with Gasteiger partial charge in [0, 0.05) is 50.9 Å². The van der Waals surface area contributed by atoms with E-state index in [-0.39, 0.29) is 38.0 Å². The van der Waals surface area contributed by atoms with Crippen LogP contribution in [0.4, 0.5) is 0 Å². The Labute approximate surface area is 357 Å². The van der Waals surface area contributed by atoms with Crippen LogP contribution in [0.3, 0.4) is 0 Å². The number of cyclic esters (lactones) is 1. The van der Waals surface area contributed by atoms with Crippen LogP contribution in [0.25, 0.3) is 0 Å². The number of hydrogen-bond donors (Lipinski definition) is 4. The quantitative estimate of drug-likeness (QED) is 0.126. The van der Waals surface area contributed by atoms with Crippen molar-refractivity contribution in [1.29, 1.82) is 0 Å². The molecule has 0 saturated carbocycles. The lowest BCUT2D eigenvalue weighted by Gasteiger charge is -2.50. The first-order valence-electron chi connectivity index (χ1n) is 21.8. The molecule has 0 spiro atoms. The molecule has 1 unspecified atom stereocenters. The predicted molar refractivity (Wildman–Crippen MR) is 220 cm³/mol. The number of methoxy groups -OCH3 is 2. The molecule has 4 saturated heterocycles. The van der Waals surface area contributed by atoms with Crippen LogP contribution in [-0.4, -0.2) is 176 Å². The van der Waals surface area contributed by atoms with Gasteiger partial charge in [-0.3, -0.25) is 4.79 Å².